The molecule has 72 valence electrons. The lowest BCUT2D eigenvalue weighted by Crippen LogP contribution is -1.97. The first kappa shape index (κ1) is 12.2. The molecule has 0 bridgehead atoms. The van der Waals surface area contributed by atoms with Gasteiger partial charge in [0.1, 0.15) is 16.8 Å². The van der Waals surface area contributed by atoms with Gasteiger partial charge >= 0.3 is 0 Å². The van der Waals surface area contributed by atoms with Crippen molar-refractivity contribution in [2.24, 2.45) is 5.16 Å². The van der Waals surface area contributed by atoms with Crippen molar-refractivity contribution in [1.82, 2.24) is 4.98 Å². The molecule has 0 aliphatic heterocycles. The van der Waals surface area contributed by atoms with Gasteiger partial charge in [0.25, 0.3) is 0 Å². The number of aryl methyl sites for hydroxylation is 1. The summed E-state index contributed by atoms with van der Waals surface area (Å²) in [6, 6.07) is 3.70. The molecule has 0 aliphatic carbocycles. The van der Waals surface area contributed by atoms with E-state index in [1.807, 2.05) is 13.0 Å². The number of halogens is 2. The Morgan fingerprint density at radius 2 is 2.31 bits per heavy atom. The maximum atomic E-state index is 8.12. The van der Waals surface area contributed by atoms with Crippen LogP contribution in [0.15, 0.2) is 21.9 Å². The van der Waals surface area contributed by atoms with Crippen LogP contribution in [0.1, 0.15) is 5.56 Å². The number of anilines is 1. The summed E-state index contributed by atoms with van der Waals surface area (Å²) in [6.45, 7) is 1.95. The van der Waals surface area contributed by atoms with E-state index in [-0.39, 0.29) is 12.4 Å². The molecule has 0 saturated heterocycles. The first-order chi connectivity index (χ1) is 5.74. The molecule has 2 N–H and O–H groups in total. The standard InChI is InChI=1S/C7H8BrN3O.ClH/c1-5-2-3-6(9-4-10-12)11-7(5)8;/h2-4,12H,1H3,(H,9,10,11);1H. The summed E-state index contributed by atoms with van der Waals surface area (Å²) in [5.74, 6) is 0.630. The Morgan fingerprint density at radius 3 is 2.85 bits per heavy atom. The van der Waals surface area contributed by atoms with Gasteiger partial charge in [0.2, 0.25) is 0 Å². The van der Waals surface area contributed by atoms with Gasteiger partial charge in [-0.05, 0) is 34.5 Å². The average molecular weight is 267 g/mol. The molecule has 0 radical (unpaired) electrons. The van der Waals surface area contributed by atoms with Crippen LogP contribution in [0.4, 0.5) is 5.82 Å². The number of hydrogen-bond acceptors (Lipinski definition) is 3. The average Bonchev–Trinajstić information content (AvgIpc) is 2.07. The smallest absolute Gasteiger partial charge is 0.133 e. The summed E-state index contributed by atoms with van der Waals surface area (Å²) in [7, 11) is 0. The van der Waals surface area contributed by atoms with Crippen molar-refractivity contribution >= 4 is 40.5 Å². The van der Waals surface area contributed by atoms with Gasteiger partial charge in [0.15, 0.2) is 0 Å². The highest BCUT2D eigenvalue weighted by Gasteiger charge is 1.96. The highest BCUT2D eigenvalue weighted by atomic mass is 79.9. The third-order valence-electron chi connectivity index (χ3n) is 1.31. The largest absolute Gasteiger partial charge is 0.410 e. The predicted octanol–water partition coefficient (Wildman–Crippen LogP) is 2.40. The lowest BCUT2D eigenvalue weighted by molar-refractivity contribution is 0.321. The minimum Gasteiger partial charge on any atom is -0.410 e. The predicted molar refractivity (Wildman–Crippen MR) is 57.8 cm³/mol. The van der Waals surface area contributed by atoms with E-state index in [1.54, 1.807) is 6.07 Å². The fraction of sp³-hybridized carbons (Fsp3) is 0.143. The molecule has 0 fully saturated rings. The van der Waals surface area contributed by atoms with Gasteiger partial charge < -0.3 is 10.5 Å². The number of nitrogens with one attached hydrogen (secondary N) is 1. The fourth-order valence-electron chi connectivity index (χ4n) is 0.679. The first-order valence-corrected chi connectivity index (χ1v) is 4.09. The summed E-state index contributed by atoms with van der Waals surface area (Å²) in [6.07, 6.45) is 1.16. The van der Waals surface area contributed by atoms with Gasteiger partial charge in [0.05, 0.1) is 0 Å². The molecule has 4 nitrogen and oxygen atoms in total. The summed E-state index contributed by atoms with van der Waals surface area (Å²) in [5, 5.41) is 13.6. The van der Waals surface area contributed by atoms with Crippen molar-refractivity contribution < 1.29 is 5.21 Å². The molecule has 0 saturated carbocycles. The van der Waals surface area contributed by atoms with Crippen LogP contribution in [0, 0.1) is 6.92 Å². The van der Waals surface area contributed by atoms with Crippen LogP contribution in [0.25, 0.3) is 0 Å². The van der Waals surface area contributed by atoms with Crippen LogP contribution in [-0.4, -0.2) is 16.5 Å². The lowest BCUT2D eigenvalue weighted by atomic mass is 10.3. The maximum absolute atomic E-state index is 8.12. The maximum Gasteiger partial charge on any atom is 0.133 e. The Bertz CT molecular complexity index is 306. The van der Waals surface area contributed by atoms with E-state index in [4.69, 9.17) is 5.21 Å². The molecule has 0 atom stereocenters. The van der Waals surface area contributed by atoms with Crippen LogP contribution in [0.5, 0.6) is 0 Å². The fourth-order valence-corrected chi connectivity index (χ4v) is 1.00. The Labute approximate surface area is 90.6 Å². The van der Waals surface area contributed by atoms with Gasteiger partial charge in [0, 0.05) is 0 Å². The molecular weight excluding hydrogens is 257 g/mol. The summed E-state index contributed by atoms with van der Waals surface area (Å²) in [5.41, 5.74) is 1.06. The van der Waals surface area contributed by atoms with Gasteiger partial charge in [-0.2, -0.15) is 0 Å². The zero-order valence-electron chi connectivity index (χ0n) is 6.86. The van der Waals surface area contributed by atoms with Crippen molar-refractivity contribution in [3.8, 4) is 0 Å². The zero-order valence-corrected chi connectivity index (χ0v) is 9.26. The van der Waals surface area contributed by atoms with Crippen molar-refractivity contribution in [3.05, 3.63) is 22.3 Å². The highest BCUT2D eigenvalue weighted by molar-refractivity contribution is 9.10. The number of hydrogen-bond donors (Lipinski definition) is 2. The van der Waals surface area contributed by atoms with E-state index >= 15 is 0 Å². The van der Waals surface area contributed by atoms with Crippen LogP contribution in [0.3, 0.4) is 0 Å². The monoisotopic (exact) mass is 265 g/mol. The number of pyridine rings is 1. The quantitative estimate of drug-likeness (QED) is 0.284. The van der Waals surface area contributed by atoms with Crippen molar-refractivity contribution in [1.29, 1.82) is 0 Å². The Morgan fingerprint density at radius 1 is 1.62 bits per heavy atom. The van der Waals surface area contributed by atoms with E-state index in [9.17, 15) is 0 Å². The van der Waals surface area contributed by atoms with Gasteiger partial charge in [-0.1, -0.05) is 11.2 Å². The minimum atomic E-state index is 0. The first-order valence-electron chi connectivity index (χ1n) is 3.29. The van der Waals surface area contributed by atoms with Crippen molar-refractivity contribution in [2.75, 3.05) is 5.32 Å². The normalized spacial score (nSPS) is 9.69. The van der Waals surface area contributed by atoms with Gasteiger partial charge in [-0.25, -0.2) is 4.98 Å². The lowest BCUT2D eigenvalue weighted by Gasteiger charge is -2.00. The summed E-state index contributed by atoms with van der Waals surface area (Å²) in [4.78, 5) is 4.11. The van der Waals surface area contributed by atoms with Crippen LogP contribution < -0.4 is 5.32 Å². The van der Waals surface area contributed by atoms with E-state index in [1.165, 1.54) is 0 Å². The zero-order chi connectivity index (χ0) is 8.97. The number of aromatic nitrogens is 1. The van der Waals surface area contributed by atoms with Crippen LogP contribution >= 0.6 is 28.3 Å². The molecule has 0 aromatic carbocycles. The molecule has 1 aromatic heterocycles. The van der Waals surface area contributed by atoms with Crippen LogP contribution in [0.2, 0.25) is 0 Å². The summed E-state index contributed by atoms with van der Waals surface area (Å²) >= 11 is 3.28. The molecule has 1 heterocycles. The van der Waals surface area contributed by atoms with Gasteiger partial charge in [-0.15, -0.1) is 12.4 Å². The van der Waals surface area contributed by atoms with Gasteiger partial charge in [-0.3, -0.25) is 0 Å². The molecule has 6 heteroatoms. The minimum absolute atomic E-state index is 0. The highest BCUT2D eigenvalue weighted by Crippen LogP contribution is 2.15. The molecule has 0 amide bonds. The van der Waals surface area contributed by atoms with E-state index < -0.39 is 0 Å². The van der Waals surface area contributed by atoms with E-state index in [2.05, 4.69) is 31.4 Å². The third-order valence-corrected chi connectivity index (χ3v) is 2.11. The molecule has 1 rings (SSSR count). The van der Waals surface area contributed by atoms with Crippen molar-refractivity contribution in [3.63, 3.8) is 0 Å². The second-order valence-corrected chi connectivity index (χ2v) is 2.94. The molecule has 13 heavy (non-hydrogen) atoms. The Balaban J connectivity index is 0.00000144. The molecule has 1 aromatic rings. The second-order valence-electron chi connectivity index (χ2n) is 2.19. The third kappa shape index (κ3) is 3.61. The number of oxime groups is 1. The molecular formula is C7H9BrClN3O. The Hall–Kier alpha value is -0.810. The topological polar surface area (TPSA) is 57.5 Å². The summed E-state index contributed by atoms with van der Waals surface area (Å²) < 4.78 is 0.777. The van der Waals surface area contributed by atoms with E-state index in [0.717, 1.165) is 16.5 Å². The number of rotatable bonds is 2. The number of nitrogens with zero attached hydrogens (tertiary/aromatic N) is 2. The van der Waals surface area contributed by atoms with Crippen LogP contribution in [-0.2, 0) is 0 Å². The molecule has 0 unspecified atom stereocenters. The molecule has 0 spiro atoms. The van der Waals surface area contributed by atoms with E-state index in [0.29, 0.717) is 5.82 Å². The SMILES string of the molecule is Cc1ccc(N/C=N/O)nc1Br.Cl. The van der Waals surface area contributed by atoms with Crippen molar-refractivity contribution in [2.45, 2.75) is 6.92 Å². The second kappa shape index (κ2) is 5.77. The molecule has 0 aliphatic rings. The Kier molecular flexibility index (Phi) is 5.41.